The molecule has 0 saturated carbocycles. The van der Waals surface area contributed by atoms with E-state index in [1.54, 1.807) is 6.20 Å². The van der Waals surface area contributed by atoms with Gasteiger partial charge in [0.2, 0.25) is 0 Å². The van der Waals surface area contributed by atoms with E-state index in [1.165, 1.54) is 19.4 Å². The first-order valence-electron chi connectivity index (χ1n) is 7.29. The maximum absolute atomic E-state index is 4.62. The first-order chi connectivity index (χ1) is 9.74. The summed E-state index contributed by atoms with van der Waals surface area (Å²) in [6.45, 7) is 6.82. The lowest BCUT2D eigenvalue weighted by atomic mass is 9.94. The van der Waals surface area contributed by atoms with Gasteiger partial charge in [-0.05, 0) is 33.2 Å². The van der Waals surface area contributed by atoms with Crippen molar-refractivity contribution in [3.63, 3.8) is 0 Å². The highest BCUT2D eigenvalue weighted by atomic mass is 15.2. The van der Waals surface area contributed by atoms with Crippen LogP contribution in [0.2, 0.25) is 0 Å². The van der Waals surface area contributed by atoms with Crippen LogP contribution in [0, 0.1) is 0 Å². The monoisotopic (exact) mass is 271 g/mol. The summed E-state index contributed by atoms with van der Waals surface area (Å²) in [7, 11) is 0. The molecule has 0 amide bonds. The molecule has 106 valence electrons. The van der Waals surface area contributed by atoms with E-state index in [4.69, 9.17) is 0 Å². The third kappa shape index (κ3) is 2.72. The number of aromatic amines is 1. The van der Waals surface area contributed by atoms with Crippen LogP contribution in [0.5, 0.6) is 0 Å². The summed E-state index contributed by atoms with van der Waals surface area (Å²) in [5, 5.41) is 6.74. The highest BCUT2D eigenvalue weighted by Crippen LogP contribution is 2.26. The van der Waals surface area contributed by atoms with Crippen molar-refractivity contribution in [1.29, 1.82) is 0 Å². The van der Waals surface area contributed by atoms with Crippen LogP contribution in [0.15, 0.2) is 24.8 Å². The van der Waals surface area contributed by atoms with Crippen molar-refractivity contribution in [2.75, 3.05) is 13.1 Å². The molecule has 5 heteroatoms. The number of H-pyrrole nitrogens is 1. The van der Waals surface area contributed by atoms with Crippen molar-refractivity contribution in [3.05, 3.63) is 30.5 Å². The van der Waals surface area contributed by atoms with Gasteiger partial charge in [0.1, 0.15) is 0 Å². The molecule has 0 bridgehead atoms. The lowest BCUT2D eigenvalue weighted by Crippen LogP contribution is -2.39. The van der Waals surface area contributed by atoms with Crippen molar-refractivity contribution in [2.45, 2.75) is 38.6 Å². The Hall–Kier alpha value is -1.75. The molecule has 1 atom stereocenters. The third-order valence-corrected chi connectivity index (χ3v) is 4.07. The number of hydrogen-bond acceptors (Lipinski definition) is 4. The average molecular weight is 271 g/mol. The van der Waals surface area contributed by atoms with Gasteiger partial charge in [0.25, 0.3) is 0 Å². The molecule has 1 saturated heterocycles. The third-order valence-electron chi connectivity index (χ3n) is 4.07. The fourth-order valence-electron chi connectivity index (χ4n) is 2.81. The summed E-state index contributed by atoms with van der Waals surface area (Å²) in [5.41, 5.74) is 2.97. The second kappa shape index (κ2) is 5.71. The zero-order chi connectivity index (χ0) is 13.9. The number of nitrogens with one attached hydrogen (secondary N) is 1. The van der Waals surface area contributed by atoms with E-state index in [1.807, 2.05) is 18.6 Å². The highest BCUT2D eigenvalue weighted by Gasteiger charge is 2.24. The van der Waals surface area contributed by atoms with Crippen LogP contribution in [0.4, 0.5) is 0 Å². The molecule has 0 radical (unpaired) electrons. The molecule has 5 nitrogen and oxygen atoms in total. The number of rotatable bonds is 3. The molecule has 3 heterocycles. The summed E-state index contributed by atoms with van der Waals surface area (Å²) in [4.78, 5) is 11.7. The second-order valence-electron chi connectivity index (χ2n) is 5.74. The molecular formula is C15H21N5. The Kier molecular flexibility index (Phi) is 3.78. The first kappa shape index (κ1) is 13.2. The Morgan fingerprint density at radius 3 is 2.80 bits per heavy atom. The Labute approximate surface area is 119 Å². The minimum absolute atomic E-state index is 0.511. The summed E-state index contributed by atoms with van der Waals surface area (Å²) in [6, 6.07) is 0.607. The molecule has 0 spiro atoms. The normalized spacial score (nSPS) is 20.4. The second-order valence-corrected chi connectivity index (χ2v) is 5.74. The van der Waals surface area contributed by atoms with Gasteiger partial charge in [-0.15, -0.1) is 0 Å². The summed E-state index contributed by atoms with van der Waals surface area (Å²) in [6.07, 6.45) is 9.85. The Morgan fingerprint density at radius 2 is 2.15 bits per heavy atom. The molecule has 1 aliphatic heterocycles. The van der Waals surface area contributed by atoms with E-state index in [0.29, 0.717) is 12.0 Å². The molecule has 2 aromatic heterocycles. The molecule has 1 N–H and O–H groups in total. The number of aromatic nitrogens is 4. The molecule has 1 fully saturated rings. The van der Waals surface area contributed by atoms with Gasteiger partial charge in [-0.25, -0.2) is 0 Å². The molecule has 0 aliphatic carbocycles. The van der Waals surface area contributed by atoms with E-state index in [2.05, 4.69) is 38.9 Å². The minimum Gasteiger partial charge on any atom is -0.300 e. The van der Waals surface area contributed by atoms with Gasteiger partial charge >= 0.3 is 0 Å². The van der Waals surface area contributed by atoms with Crippen molar-refractivity contribution in [2.24, 2.45) is 0 Å². The largest absolute Gasteiger partial charge is 0.300 e. The number of hydrogen-bond donors (Lipinski definition) is 1. The molecular weight excluding hydrogens is 250 g/mol. The number of piperidine rings is 1. The van der Waals surface area contributed by atoms with E-state index >= 15 is 0 Å². The van der Waals surface area contributed by atoms with Crippen LogP contribution in [0.25, 0.3) is 11.3 Å². The predicted molar refractivity (Wildman–Crippen MR) is 78.3 cm³/mol. The van der Waals surface area contributed by atoms with Crippen LogP contribution >= 0.6 is 0 Å². The van der Waals surface area contributed by atoms with E-state index in [0.717, 1.165) is 23.5 Å². The molecule has 3 rings (SSSR count). The van der Waals surface area contributed by atoms with Crippen LogP contribution in [0.1, 0.15) is 38.3 Å². The lowest BCUT2D eigenvalue weighted by Gasteiger charge is -2.35. The standard InChI is InChI=1S/C15H21N5/c1-11(2)20-5-3-4-12(10-20)14-8-17-15(9-16-14)13-6-18-19-7-13/h6-9,11-12H,3-5,10H2,1-2H3,(H,18,19)/t12-/m0/s1. The van der Waals surface area contributed by atoms with Gasteiger partial charge in [-0.2, -0.15) is 5.10 Å². The van der Waals surface area contributed by atoms with E-state index in [9.17, 15) is 0 Å². The molecule has 2 aromatic rings. The van der Waals surface area contributed by atoms with Gasteiger partial charge in [0, 0.05) is 36.5 Å². The first-order valence-corrected chi connectivity index (χ1v) is 7.29. The lowest BCUT2D eigenvalue weighted by molar-refractivity contribution is 0.166. The Morgan fingerprint density at radius 1 is 1.25 bits per heavy atom. The van der Waals surface area contributed by atoms with Crippen molar-refractivity contribution >= 4 is 0 Å². The summed E-state index contributed by atoms with van der Waals surface area (Å²) < 4.78 is 0. The maximum Gasteiger partial charge on any atom is 0.0916 e. The maximum atomic E-state index is 4.62. The van der Waals surface area contributed by atoms with Gasteiger partial charge in [0.15, 0.2) is 0 Å². The van der Waals surface area contributed by atoms with Crippen LogP contribution in [-0.2, 0) is 0 Å². The Balaban J connectivity index is 1.74. The zero-order valence-corrected chi connectivity index (χ0v) is 12.1. The zero-order valence-electron chi connectivity index (χ0n) is 12.1. The van der Waals surface area contributed by atoms with Gasteiger partial charge in [0.05, 0.1) is 23.8 Å². The molecule has 0 unspecified atom stereocenters. The fraction of sp³-hybridized carbons (Fsp3) is 0.533. The van der Waals surface area contributed by atoms with E-state index < -0.39 is 0 Å². The Bertz CT molecular complexity index is 532. The topological polar surface area (TPSA) is 57.7 Å². The van der Waals surface area contributed by atoms with Crippen LogP contribution in [-0.4, -0.2) is 44.2 Å². The fourth-order valence-corrected chi connectivity index (χ4v) is 2.81. The number of likely N-dealkylation sites (tertiary alicyclic amines) is 1. The molecule has 20 heavy (non-hydrogen) atoms. The minimum atomic E-state index is 0.511. The van der Waals surface area contributed by atoms with Gasteiger partial charge in [-0.3, -0.25) is 15.1 Å². The quantitative estimate of drug-likeness (QED) is 0.931. The predicted octanol–water partition coefficient (Wildman–Crippen LogP) is 2.45. The SMILES string of the molecule is CC(C)N1CCC[C@H](c2cnc(-c3cn[nH]c3)cn2)C1. The van der Waals surface area contributed by atoms with E-state index in [-0.39, 0.29) is 0 Å². The molecule has 0 aromatic carbocycles. The van der Waals surface area contributed by atoms with Crippen LogP contribution in [0.3, 0.4) is 0 Å². The summed E-state index contributed by atoms with van der Waals surface area (Å²) in [5.74, 6) is 0.511. The summed E-state index contributed by atoms with van der Waals surface area (Å²) >= 11 is 0. The van der Waals surface area contributed by atoms with Crippen molar-refractivity contribution in [3.8, 4) is 11.3 Å². The van der Waals surface area contributed by atoms with Crippen LogP contribution < -0.4 is 0 Å². The van der Waals surface area contributed by atoms with Gasteiger partial charge in [-0.1, -0.05) is 0 Å². The average Bonchev–Trinajstić information content (AvgIpc) is 3.02. The van der Waals surface area contributed by atoms with Crippen molar-refractivity contribution in [1.82, 2.24) is 25.1 Å². The molecule has 1 aliphatic rings. The van der Waals surface area contributed by atoms with Gasteiger partial charge < -0.3 is 4.90 Å². The highest BCUT2D eigenvalue weighted by molar-refractivity contribution is 5.55. The van der Waals surface area contributed by atoms with Crippen molar-refractivity contribution < 1.29 is 0 Å². The smallest absolute Gasteiger partial charge is 0.0916 e. The number of nitrogens with zero attached hydrogens (tertiary/aromatic N) is 4.